The Kier molecular flexibility index (Phi) is 7.75. The molecule has 0 fully saturated rings. The molecule has 0 aliphatic heterocycles. The van der Waals surface area contributed by atoms with Gasteiger partial charge in [-0.2, -0.15) is 0 Å². The number of furan rings is 1. The second kappa shape index (κ2) is 13.6. The summed E-state index contributed by atoms with van der Waals surface area (Å²) in [7, 11) is 0. The second-order valence-electron chi connectivity index (χ2n) is 15.2. The lowest BCUT2D eigenvalue weighted by molar-refractivity contribution is 0.669. The van der Waals surface area contributed by atoms with Gasteiger partial charge in [0.25, 0.3) is 0 Å². The number of hydrogen-bond donors (Lipinski definition) is 0. The Balaban J connectivity index is 1.00. The van der Waals surface area contributed by atoms with Crippen LogP contribution in [0.2, 0.25) is 0 Å². The van der Waals surface area contributed by atoms with Gasteiger partial charge in [-0.25, -0.2) is 0 Å². The molecular formula is C56H35NOS. The van der Waals surface area contributed by atoms with Gasteiger partial charge in [0.1, 0.15) is 11.2 Å². The van der Waals surface area contributed by atoms with Gasteiger partial charge in [0, 0.05) is 48.0 Å². The molecule has 2 heterocycles. The van der Waals surface area contributed by atoms with Crippen molar-refractivity contribution in [1.82, 2.24) is 0 Å². The van der Waals surface area contributed by atoms with Crippen LogP contribution in [0.4, 0.5) is 17.1 Å². The predicted octanol–water partition coefficient (Wildman–Crippen LogP) is 16.7. The summed E-state index contributed by atoms with van der Waals surface area (Å²) >= 11 is 1.87. The largest absolute Gasteiger partial charge is 0.456 e. The number of fused-ring (bicyclic) bond motifs is 9. The Morgan fingerprint density at radius 3 is 1.63 bits per heavy atom. The maximum absolute atomic E-state index is 6.26. The first-order chi connectivity index (χ1) is 29.2. The van der Waals surface area contributed by atoms with Gasteiger partial charge in [0.05, 0.1) is 0 Å². The Labute approximate surface area is 345 Å². The van der Waals surface area contributed by atoms with Gasteiger partial charge in [-0.05, 0) is 116 Å². The third kappa shape index (κ3) is 5.55. The van der Waals surface area contributed by atoms with E-state index in [1.54, 1.807) is 0 Å². The Hall–Kier alpha value is -7.46. The van der Waals surface area contributed by atoms with Gasteiger partial charge in [-0.15, -0.1) is 11.3 Å². The lowest BCUT2D eigenvalue weighted by Gasteiger charge is -2.26. The first kappa shape index (κ1) is 33.7. The highest BCUT2D eigenvalue weighted by Gasteiger charge is 2.18. The molecule has 12 aromatic rings. The summed E-state index contributed by atoms with van der Waals surface area (Å²) in [5.41, 5.74) is 12.3. The Bertz CT molecular complexity index is 3540. The minimum Gasteiger partial charge on any atom is -0.456 e. The molecule has 10 aromatic carbocycles. The normalized spacial score (nSPS) is 11.7. The fourth-order valence-corrected chi connectivity index (χ4v) is 10.3. The molecular weight excluding hydrogens is 735 g/mol. The number of anilines is 3. The number of hydrogen-bond acceptors (Lipinski definition) is 3. The van der Waals surface area contributed by atoms with Crippen molar-refractivity contribution in [3.05, 3.63) is 212 Å². The fraction of sp³-hybridized carbons (Fsp3) is 0. The highest BCUT2D eigenvalue weighted by molar-refractivity contribution is 7.26. The quantitative estimate of drug-likeness (QED) is 0.167. The molecule has 0 aliphatic rings. The number of rotatable bonds is 6. The van der Waals surface area contributed by atoms with Crippen molar-refractivity contribution in [3.8, 4) is 33.4 Å². The summed E-state index contributed by atoms with van der Waals surface area (Å²) in [4.78, 5) is 2.38. The van der Waals surface area contributed by atoms with Crippen LogP contribution in [-0.4, -0.2) is 0 Å². The first-order valence-electron chi connectivity index (χ1n) is 20.1. The minimum absolute atomic E-state index is 0.903. The van der Waals surface area contributed by atoms with Crippen LogP contribution >= 0.6 is 11.3 Å². The van der Waals surface area contributed by atoms with Gasteiger partial charge in [0.15, 0.2) is 0 Å². The molecule has 12 rings (SSSR count). The molecule has 0 spiro atoms. The zero-order valence-electron chi connectivity index (χ0n) is 32.0. The molecule has 2 aromatic heterocycles. The van der Waals surface area contributed by atoms with Crippen LogP contribution in [0.15, 0.2) is 217 Å². The third-order valence-corrected chi connectivity index (χ3v) is 13.0. The van der Waals surface area contributed by atoms with Crippen LogP contribution in [0.3, 0.4) is 0 Å². The van der Waals surface area contributed by atoms with Gasteiger partial charge in [-0.1, -0.05) is 152 Å². The lowest BCUT2D eigenvalue weighted by atomic mass is 9.91. The van der Waals surface area contributed by atoms with Crippen LogP contribution < -0.4 is 4.90 Å². The summed E-state index contributed by atoms with van der Waals surface area (Å²) in [6.45, 7) is 0. The molecule has 0 bridgehead atoms. The highest BCUT2D eigenvalue weighted by atomic mass is 32.1. The molecule has 59 heavy (non-hydrogen) atoms. The number of benzene rings is 10. The van der Waals surface area contributed by atoms with Crippen molar-refractivity contribution in [2.24, 2.45) is 0 Å². The van der Waals surface area contributed by atoms with Crippen molar-refractivity contribution in [2.45, 2.75) is 0 Å². The maximum Gasteiger partial charge on any atom is 0.136 e. The topological polar surface area (TPSA) is 16.4 Å². The number of para-hydroxylation sites is 1. The van der Waals surface area contributed by atoms with Crippen LogP contribution in [0, 0.1) is 0 Å². The molecule has 276 valence electrons. The van der Waals surface area contributed by atoms with Gasteiger partial charge < -0.3 is 9.32 Å². The van der Waals surface area contributed by atoms with E-state index < -0.39 is 0 Å². The van der Waals surface area contributed by atoms with E-state index in [9.17, 15) is 0 Å². The second-order valence-corrected chi connectivity index (χ2v) is 16.3. The fourth-order valence-electron chi connectivity index (χ4n) is 9.16. The molecule has 3 heteroatoms. The smallest absolute Gasteiger partial charge is 0.136 e. The molecule has 0 saturated carbocycles. The number of thiophene rings is 1. The molecule has 2 nitrogen and oxygen atoms in total. The molecule has 0 aliphatic carbocycles. The van der Waals surface area contributed by atoms with E-state index in [0.717, 1.165) is 50.1 Å². The van der Waals surface area contributed by atoms with Crippen molar-refractivity contribution >= 4 is 92.1 Å². The van der Waals surface area contributed by atoms with Crippen molar-refractivity contribution < 1.29 is 4.42 Å². The average Bonchev–Trinajstić information content (AvgIpc) is 3.88. The van der Waals surface area contributed by atoms with E-state index >= 15 is 0 Å². The van der Waals surface area contributed by atoms with Crippen molar-refractivity contribution in [1.29, 1.82) is 0 Å². The average molecular weight is 770 g/mol. The monoisotopic (exact) mass is 769 g/mol. The Morgan fingerprint density at radius 1 is 0.322 bits per heavy atom. The summed E-state index contributed by atoms with van der Waals surface area (Å²) in [6, 6.07) is 77.0. The molecule has 0 atom stereocenters. The van der Waals surface area contributed by atoms with Crippen molar-refractivity contribution in [2.75, 3.05) is 4.90 Å². The van der Waals surface area contributed by atoms with Gasteiger partial charge in [0.2, 0.25) is 0 Å². The molecule has 0 radical (unpaired) electrons. The standard InChI is InChI=1S/C56H35NOS/c1-2-11-36(12-3-1)44-17-8-13-39-14-9-18-45(54(39)44)37-23-28-41(29-24-37)57(43-32-33-47-40(35-43)27-34-53-56(47)49-16-5-7-22-52(49)59-53)42-30-25-38(26-31-42)46-19-10-21-51-55(46)48-15-4-6-20-50(48)58-51/h1-35H. The van der Waals surface area contributed by atoms with Gasteiger partial charge in [-0.3, -0.25) is 0 Å². The van der Waals surface area contributed by atoms with Crippen LogP contribution in [0.5, 0.6) is 0 Å². The van der Waals surface area contributed by atoms with E-state index in [1.807, 2.05) is 23.5 Å². The Morgan fingerprint density at radius 2 is 0.898 bits per heavy atom. The third-order valence-electron chi connectivity index (χ3n) is 11.9. The highest BCUT2D eigenvalue weighted by Crippen LogP contribution is 2.44. The van der Waals surface area contributed by atoms with E-state index in [4.69, 9.17) is 4.42 Å². The van der Waals surface area contributed by atoms with E-state index in [-0.39, 0.29) is 0 Å². The van der Waals surface area contributed by atoms with Crippen molar-refractivity contribution in [3.63, 3.8) is 0 Å². The lowest BCUT2D eigenvalue weighted by Crippen LogP contribution is -2.09. The van der Waals surface area contributed by atoms with Crippen LogP contribution in [0.1, 0.15) is 0 Å². The summed E-state index contributed by atoms with van der Waals surface area (Å²) in [5, 5.41) is 9.93. The zero-order valence-corrected chi connectivity index (χ0v) is 32.8. The minimum atomic E-state index is 0.903. The molecule has 0 unspecified atom stereocenters. The molecule has 0 amide bonds. The molecule has 0 saturated heterocycles. The zero-order chi connectivity index (χ0) is 38.9. The predicted molar refractivity (Wildman–Crippen MR) is 253 cm³/mol. The summed E-state index contributed by atoms with van der Waals surface area (Å²) < 4.78 is 8.90. The van der Waals surface area contributed by atoms with Crippen LogP contribution in [-0.2, 0) is 0 Å². The van der Waals surface area contributed by atoms with E-state index in [2.05, 4.69) is 205 Å². The van der Waals surface area contributed by atoms with E-state index in [1.165, 1.54) is 64.0 Å². The number of nitrogens with zero attached hydrogens (tertiary/aromatic N) is 1. The SMILES string of the molecule is c1ccc(-c2cccc3cccc(-c4ccc(N(c5ccc(-c6cccc7oc8ccccc8c67)cc5)c5ccc6c(ccc7sc8ccccc8c76)c5)cc4)c23)cc1. The van der Waals surface area contributed by atoms with Gasteiger partial charge >= 0.3 is 0 Å². The summed E-state index contributed by atoms with van der Waals surface area (Å²) in [5.74, 6) is 0. The van der Waals surface area contributed by atoms with E-state index in [0.29, 0.717) is 0 Å². The molecule has 0 N–H and O–H groups in total. The summed E-state index contributed by atoms with van der Waals surface area (Å²) in [6.07, 6.45) is 0. The van der Waals surface area contributed by atoms with Crippen LogP contribution in [0.25, 0.3) is 97.0 Å². The first-order valence-corrected chi connectivity index (χ1v) is 20.9. The maximum atomic E-state index is 6.26.